The van der Waals surface area contributed by atoms with Crippen molar-refractivity contribution in [2.75, 3.05) is 7.11 Å². The van der Waals surface area contributed by atoms with Gasteiger partial charge in [0.15, 0.2) is 0 Å². The molecule has 0 saturated heterocycles. The van der Waals surface area contributed by atoms with Crippen molar-refractivity contribution in [3.63, 3.8) is 0 Å². The standard InChI is InChI=1S/C16H26O2/c1-3-4-5-6-10-13-15(18-2)16(17)14-11-8-7-9-12-14/h7-9,11-12,15-17H,3-6,10,13H2,1-2H3/t15-,16+/m1/s1. The predicted molar refractivity (Wildman–Crippen MR) is 75.6 cm³/mol. The quantitative estimate of drug-likeness (QED) is 0.669. The minimum absolute atomic E-state index is 0.0889. The summed E-state index contributed by atoms with van der Waals surface area (Å²) in [6.45, 7) is 2.22. The first kappa shape index (κ1) is 15.2. The molecule has 0 radical (unpaired) electrons. The van der Waals surface area contributed by atoms with E-state index in [0.717, 1.165) is 18.4 Å². The lowest BCUT2D eigenvalue weighted by molar-refractivity contribution is -0.0189. The van der Waals surface area contributed by atoms with Crippen molar-refractivity contribution < 1.29 is 9.84 Å². The van der Waals surface area contributed by atoms with E-state index in [-0.39, 0.29) is 6.10 Å². The van der Waals surface area contributed by atoms with Crippen LogP contribution in [0.1, 0.15) is 57.1 Å². The number of unbranched alkanes of at least 4 members (excludes halogenated alkanes) is 4. The number of hydrogen-bond acceptors (Lipinski definition) is 2. The van der Waals surface area contributed by atoms with Crippen LogP contribution in [0.2, 0.25) is 0 Å². The normalized spacial score (nSPS) is 14.4. The molecule has 0 saturated carbocycles. The van der Waals surface area contributed by atoms with Gasteiger partial charge in [0.1, 0.15) is 6.10 Å². The van der Waals surface area contributed by atoms with Crippen molar-refractivity contribution in [3.8, 4) is 0 Å². The summed E-state index contributed by atoms with van der Waals surface area (Å²) in [5.41, 5.74) is 0.943. The van der Waals surface area contributed by atoms with Crippen LogP contribution >= 0.6 is 0 Å². The highest BCUT2D eigenvalue weighted by molar-refractivity contribution is 5.18. The Morgan fingerprint density at radius 2 is 1.72 bits per heavy atom. The number of aliphatic hydroxyl groups is 1. The zero-order chi connectivity index (χ0) is 13.2. The fourth-order valence-electron chi connectivity index (χ4n) is 2.22. The minimum atomic E-state index is -0.512. The van der Waals surface area contributed by atoms with E-state index in [9.17, 15) is 5.11 Å². The number of benzene rings is 1. The molecular weight excluding hydrogens is 224 g/mol. The van der Waals surface area contributed by atoms with E-state index in [1.54, 1.807) is 7.11 Å². The first-order chi connectivity index (χ1) is 8.79. The fraction of sp³-hybridized carbons (Fsp3) is 0.625. The molecule has 2 nitrogen and oxygen atoms in total. The molecule has 1 N–H and O–H groups in total. The zero-order valence-electron chi connectivity index (χ0n) is 11.6. The number of hydrogen-bond donors (Lipinski definition) is 1. The molecule has 0 aliphatic heterocycles. The lowest BCUT2D eigenvalue weighted by Crippen LogP contribution is -2.20. The molecule has 1 aromatic rings. The molecule has 102 valence electrons. The van der Waals surface area contributed by atoms with Crippen LogP contribution in [-0.4, -0.2) is 18.3 Å². The summed E-state index contributed by atoms with van der Waals surface area (Å²) in [6, 6.07) is 9.77. The molecule has 0 fully saturated rings. The van der Waals surface area contributed by atoms with E-state index in [2.05, 4.69) is 6.92 Å². The summed E-state index contributed by atoms with van der Waals surface area (Å²) >= 11 is 0. The summed E-state index contributed by atoms with van der Waals surface area (Å²) in [5, 5.41) is 10.3. The van der Waals surface area contributed by atoms with Gasteiger partial charge in [0, 0.05) is 7.11 Å². The van der Waals surface area contributed by atoms with Crippen LogP contribution in [0.3, 0.4) is 0 Å². The Hall–Kier alpha value is -0.860. The molecule has 0 bridgehead atoms. The van der Waals surface area contributed by atoms with Crippen molar-refractivity contribution >= 4 is 0 Å². The average molecular weight is 250 g/mol. The molecule has 2 heteroatoms. The van der Waals surface area contributed by atoms with Crippen molar-refractivity contribution in [2.24, 2.45) is 0 Å². The molecule has 2 atom stereocenters. The highest BCUT2D eigenvalue weighted by Crippen LogP contribution is 2.22. The largest absolute Gasteiger partial charge is 0.386 e. The highest BCUT2D eigenvalue weighted by Gasteiger charge is 2.19. The molecule has 1 aromatic carbocycles. The lowest BCUT2D eigenvalue weighted by Gasteiger charge is -2.22. The Morgan fingerprint density at radius 1 is 1.06 bits per heavy atom. The molecule has 0 heterocycles. The number of rotatable bonds is 9. The Bertz CT molecular complexity index is 297. The Kier molecular flexibility index (Phi) is 7.70. The van der Waals surface area contributed by atoms with E-state index in [1.165, 1.54) is 25.7 Å². The van der Waals surface area contributed by atoms with Gasteiger partial charge in [0.2, 0.25) is 0 Å². The second-order valence-electron chi connectivity index (χ2n) is 4.83. The summed E-state index contributed by atoms with van der Waals surface area (Å²) in [6.07, 6.45) is 6.54. The van der Waals surface area contributed by atoms with Gasteiger partial charge in [-0.1, -0.05) is 69.4 Å². The zero-order valence-corrected chi connectivity index (χ0v) is 11.6. The molecule has 0 aromatic heterocycles. The highest BCUT2D eigenvalue weighted by atomic mass is 16.5. The van der Waals surface area contributed by atoms with Gasteiger partial charge in [0.05, 0.1) is 6.10 Å². The van der Waals surface area contributed by atoms with E-state index in [4.69, 9.17) is 4.74 Å². The summed E-state index contributed by atoms with van der Waals surface area (Å²) < 4.78 is 5.42. The molecule has 1 rings (SSSR count). The summed E-state index contributed by atoms with van der Waals surface area (Å²) in [7, 11) is 1.68. The van der Waals surface area contributed by atoms with Gasteiger partial charge in [0.25, 0.3) is 0 Å². The maximum Gasteiger partial charge on any atom is 0.105 e. The first-order valence-electron chi connectivity index (χ1n) is 7.05. The molecule has 0 amide bonds. The third kappa shape index (κ3) is 5.19. The molecule has 18 heavy (non-hydrogen) atoms. The van der Waals surface area contributed by atoms with Gasteiger partial charge in [-0.25, -0.2) is 0 Å². The van der Waals surface area contributed by atoms with E-state index >= 15 is 0 Å². The smallest absolute Gasteiger partial charge is 0.105 e. The number of aliphatic hydroxyl groups excluding tert-OH is 1. The summed E-state index contributed by atoms with van der Waals surface area (Å²) in [5.74, 6) is 0. The molecule has 0 aliphatic carbocycles. The lowest BCUT2D eigenvalue weighted by atomic mass is 9.99. The SMILES string of the molecule is CCCCCCC[C@@H](OC)[C@@H](O)c1ccccc1. The van der Waals surface area contributed by atoms with E-state index in [0.29, 0.717) is 0 Å². The van der Waals surface area contributed by atoms with Crippen molar-refractivity contribution in [2.45, 2.75) is 57.7 Å². The number of ether oxygens (including phenoxy) is 1. The second kappa shape index (κ2) is 9.12. The third-order valence-corrected chi connectivity index (χ3v) is 3.39. The van der Waals surface area contributed by atoms with Gasteiger partial charge in [-0.15, -0.1) is 0 Å². The summed E-state index contributed by atoms with van der Waals surface area (Å²) in [4.78, 5) is 0. The van der Waals surface area contributed by atoms with Crippen LogP contribution in [0.5, 0.6) is 0 Å². The topological polar surface area (TPSA) is 29.5 Å². The molecule has 0 aliphatic rings. The first-order valence-corrected chi connectivity index (χ1v) is 7.05. The van der Waals surface area contributed by atoms with Gasteiger partial charge < -0.3 is 9.84 Å². The van der Waals surface area contributed by atoms with Crippen LogP contribution in [0.4, 0.5) is 0 Å². The van der Waals surface area contributed by atoms with Gasteiger partial charge in [-0.05, 0) is 12.0 Å². The van der Waals surface area contributed by atoms with Crippen LogP contribution in [0, 0.1) is 0 Å². The molecule has 0 unspecified atom stereocenters. The van der Waals surface area contributed by atoms with Crippen LogP contribution in [-0.2, 0) is 4.74 Å². The fourth-order valence-corrected chi connectivity index (χ4v) is 2.22. The maximum absolute atomic E-state index is 10.3. The Labute approximate surface area is 111 Å². The van der Waals surface area contributed by atoms with Crippen LogP contribution in [0.15, 0.2) is 30.3 Å². The Morgan fingerprint density at radius 3 is 2.33 bits per heavy atom. The average Bonchev–Trinajstić information content (AvgIpc) is 2.43. The van der Waals surface area contributed by atoms with Gasteiger partial charge >= 0.3 is 0 Å². The third-order valence-electron chi connectivity index (χ3n) is 3.39. The Balaban J connectivity index is 2.36. The molecular formula is C16H26O2. The number of methoxy groups -OCH3 is 1. The van der Waals surface area contributed by atoms with Crippen molar-refractivity contribution in [1.29, 1.82) is 0 Å². The van der Waals surface area contributed by atoms with Crippen molar-refractivity contribution in [1.82, 2.24) is 0 Å². The predicted octanol–water partition coefficient (Wildman–Crippen LogP) is 4.10. The molecule has 0 spiro atoms. The van der Waals surface area contributed by atoms with Gasteiger partial charge in [-0.3, -0.25) is 0 Å². The second-order valence-corrected chi connectivity index (χ2v) is 4.83. The van der Waals surface area contributed by atoms with Crippen LogP contribution < -0.4 is 0 Å². The van der Waals surface area contributed by atoms with E-state index < -0.39 is 6.10 Å². The monoisotopic (exact) mass is 250 g/mol. The minimum Gasteiger partial charge on any atom is -0.386 e. The maximum atomic E-state index is 10.3. The van der Waals surface area contributed by atoms with Gasteiger partial charge in [-0.2, -0.15) is 0 Å². The van der Waals surface area contributed by atoms with E-state index in [1.807, 2.05) is 30.3 Å². The van der Waals surface area contributed by atoms with Crippen molar-refractivity contribution in [3.05, 3.63) is 35.9 Å². The van der Waals surface area contributed by atoms with Crippen LogP contribution in [0.25, 0.3) is 0 Å².